The molecule has 0 spiro atoms. The first-order valence-electron chi connectivity index (χ1n) is 14.6. The summed E-state index contributed by atoms with van der Waals surface area (Å²) in [7, 11) is 0. The Kier molecular flexibility index (Phi) is 7.41. The first-order valence-corrected chi connectivity index (χ1v) is 15.4. The van der Waals surface area contributed by atoms with Crippen LogP contribution in [-0.4, -0.2) is 69.5 Å². The second kappa shape index (κ2) is 11.5. The fourth-order valence-electron chi connectivity index (χ4n) is 6.06. The van der Waals surface area contributed by atoms with Gasteiger partial charge in [0.15, 0.2) is 11.3 Å². The van der Waals surface area contributed by atoms with Crippen molar-refractivity contribution in [1.29, 1.82) is 0 Å². The van der Waals surface area contributed by atoms with Gasteiger partial charge in [0, 0.05) is 68.7 Å². The quantitative estimate of drug-likeness (QED) is 0.274. The summed E-state index contributed by atoms with van der Waals surface area (Å²) in [4.78, 5) is 30.4. The van der Waals surface area contributed by atoms with Crippen molar-refractivity contribution in [2.45, 2.75) is 19.4 Å². The molecule has 0 aliphatic carbocycles. The molecule has 1 unspecified atom stereocenters. The molecule has 2 aliphatic heterocycles. The summed E-state index contributed by atoms with van der Waals surface area (Å²) in [5, 5.41) is 5.87. The number of thiophene rings is 1. The lowest BCUT2D eigenvalue weighted by molar-refractivity contribution is -0.119. The van der Waals surface area contributed by atoms with Gasteiger partial charge in [0.05, 0.1) is 38.4 Å². The highest BCUT2D eigenvalue weighted by molar-refractivity contribution is 7.26. The second-order valence-electron chi connectivity index (χ2n) is 10.9. The number of para-hydroxylation sites is 1. The lowest BCUT2D eigenvalue weighted by Gasteiger charge is -2.34. The van der Waals surface area contributed by atoms with Gasteiger partial charge in [0.2, 0.25) is 5.91 Å². The molecule has 9 heteroatoms. The third-order valence-electron chi connectivity index (χ3n) is 8.30. The van der Waals surface area contributed by atoms with E-state index in [1.54, 1.807) is 17.4 Å². The summed E-state index contributed by atoms with van der Waals surface area (Å²) in [6.07, 6.45) is 0.955. The highest BCUT2D eigenvalue weighted by atomic mass is 32.1. The van der Waals surface area contributed by atoms with Gasteiger partial charge in [-0.15, -0.1) is 11.3 Å². The van der Waals surface area contributed by atoms with E-state index in [2.05, 4.69) is 46.3 Å². The maximum Gasteiger partial charge on any atom is 0.238 e. The number of carbonyl (C=O) groups excluding carboxylic acids is 1. The van der Waals surface area contributed by atoms with Crippen molar-refractivity contribution >= 4 is 60.0 Å². The number of hydrogen-bond donors (Lipinski definition) is 1. The molecule has 1 N–H and O–H groups in total. The number of nitrogens with zero attached hydrogens (tertiary/aromatic N) is 2. The van der Waals surface area contributed by atoms with Crippen molar-refractivity contribution in [3.63, 3.8) is 0 Å². The molecule has 0 radical (unpaired) electrons. The molecule has 216 valence electrons. The van der Waals surface area contributed by atoms with E-state index in [1.807, 2.05) is 30.3 Å². The number of ether oxygens (including phenoxy) is 2. The van der Waals surface area contributed by atoms with Gasteiger partial charge in [0.1, 0.15) is 5.58 Å². The van der Waals surface area contributed by atoms with E-state index in [-0.39, 0.29) is 17.4 Å². The number of hydrogen-bond acceptors (Lipinski definition) is 8. The molecule has 5 aromatic rings. The number of morpholine rings is 2. The smallest absolute Gasteiger partial charge is 0.238 e. The SMILES string of the molecule is CCC1COCCN1CC(=O)Nc1ccc2sc3c(-c4cccc5c(=O)cc(N6CCOCC6)oc45)cccc3c2c1. The van der Waals surface area contributed by atoms with Crippen molar-refractivity contribution in [2.24, 2.45) is 0 Å². The molecule has 1 atom stereocenters. The Morgan fingerprint density at radius 1 is 0.929 bits per heavy atom. The van der Waals surface area contributed by atoms with Crippen LogP contribution in [0.5, 0.6) is 0 Å². The monoisotopic (exact) mass is 583 g/mol. The Morgan fingerprint density at radius 2 is 1.71 bits per heavy atom. The number of benzene rings is 3. The summed E-state index contributed by atoms with van der Waals surface area (Å²) in [5.41, 5.74) is 3.24. The predicted molar refractivity (Wildman–Crippen MR) is 169 cm³/mol. The van der Waals surface area contributed by atoms with Crippen LogP contribution >= 0.6 is 11.3 Å². The van der Waals surface area contributed by atoms with Gasteiger partial charge in [-0.25, -0.2) is 0 Å². The summed E-state index contributed by atoms with van der Waals surface area (Å²) in [6, 6.07) is 20.0. The number of rotatable bonds is 6. The van der Waals surface area contributed by atoms with Crippen molar-refractivity contribution < 1.29 is 18.7 Å². The van der Waals surface area contributed by atoms with E-state index in [9.17, 15) is 9.59 Å². The van der Waals surface area contributed by atoms with Crippen molar-refractivity contribution in [2.75, 3.05) is 62.8 Å². The number of amides is 1. The Labute approximate surface area is 247 Å². The van der Waals surface area contributed by atoms with Crippen LogP contribution in [0, 0.1) is 0 Å². The molecular weight excluding hydrogens is 550 g/mol. The van der Waals surface area contributed by atoms with Gasteiger partial charge in [-0.3, -0.25) is 14.5 Å². The molecule has 42 heavy (non-hydrogen) atoms. The average molecular weight is 584 g/mol. The molecule has 8 nitrogen and oxygen atoms in total. The van der Waals surface area contributed by atoms with Gasteiger partial charge in [-0.05, 0) is 30.7 Å². The molecule has 0 saturated carbocycles. The van der Waals surface area contributed by atoms with Crippen LogP contribution in [0.2, 0.25) is 0 Å². The Hall–Kier alpha value is -3.76. The largest absolute Gasteiger partial charge is 0.440 e. The van der Waals surface area contributed by atoms with Crippen LogP contribution in [0.25, 0.3) is 42.3 Å². The minimum absolute atomic E-state index is 0.0169. The maximum atomic E-state index is 13.2. The zero-order chi connectivity index (χ0) is 28.6. The van der Waals surface area contributed by atoms with E-state index in [0.717, 1.165) is 50.0 Å². The minimum Gasteiger partial charge on any atom is -0.440 e. The standard InChI is InChI=1S/C33H33N3O5S/c1-2-22-20-40-16-13-36(22)19-30(38)34-21-9-10-29-27(17-21)25-7-4-6-24(33(25)42-29)23-5-3-8-26-28(37)18-31(41-32(23)26)35-11-14-39-15-12-35/h3-10,17-18,22H,2,11-16,19-20H2,1H3,(H,34,38). The van der Waals surface area contributed by atoms with E-state index in [4.69, 9.17) is 13.9 Å². The zero-order valence-corrected chi connectivity index (χ0v) is 24.4. The molecule has 2 fully saturated rings. The molecular formula is C33H33N3O5S. The molecule has 1 amide bonds. The van der Waals surface area contributed by atoms with Gasteiger partial charge in [-0.2, -0.15) is 0 Å². The Balaban J connectivity index is 1.24. The molecule has 4 heterocycles. The maximum absolute atomic E-state index is 13.2. The van der Waals surface area contributed by atoms with Gasteiger partial charge >= 0.3 is 0 Å². The predicted octanol–water partition coefficient (Wildman–Crippen LogP) is 5.71. The van der Waals surface area contributed by atoms with Crippen LogP contribution in [0.1, 0.15) is 13.3 Å². The highest BCUT2D eigenvalue weighted by Gasteiger charge is 2.24. The van der Waals surface area contributed by atoms with Crippen LogP contribution in [-0.2, 0) is 14.3 Å². The van der Waals surface area contributed by atoms with Crippen LogP contribution in [0.3, 0.4) is 0 Å². The summed E-state index contributed by atoms with van der Waals surface area (Å²) in [6.45, 7) is 7.18. The third-order valence-corrected chi connectivity index (χ3v) is 9.52. The second-order valence-corrected chi connectivity index (χ2v) is 11.9. The first kappa shape index (κ1) is 27.1. The summed E-state index contributed by atoms with van der Waals surface area (Å²) in [5.74, 6) is 0.561. The zero-order valence-electron chi connectivity index (χ0n) is 23.6. The first-order chi connectivity index (χ1) is 20.6. The van der Waals surface area contributed by atoms with E-state index in [1.165, 1.54) is 0 Å². The van der Waals surface area contributed by atoms with Gasteiger partial charge in [-0.1, -0.05) is 37.3 Å². The minimum atomic E-state index is -0.0502. The molecule has 0 bridgehead atoms. The molecule has 7 rings (SSSR count). The molecule has 2 aliphatic rings. The number of nitrogens with one attached hydrogen (secondary N) is 1. The molecule has 3 aromatic carbocycles. The normalized spacial score (nSPS) is 18.2. The van der Waals surface area contributed by atoms with Crippen LogP contribution in [0.4, 0.5) is 11.6 Å². The summed E-state index contributed by atoms with van der Waals surface area (Å²) < 4.78 is 19.8. The van der Waals surface area contributed by atoms with Crippen molar-refractivity contribution in [3.05, 3.63) is 70.9 Å². The van der Waals surface area contributed by atoms with Gasteiger partial charge in [0.25, 0.3) is 0 Å². The lowest BCUT2D eigenvalue weighted by atomic mass is 10.0. The fourth-order valence-corrected chi connectivity index (χ4v) is 7.27. The van der Waals surface area contributed by atoms with Gasteiger partial charge < -0.3 is 24.1 Å². The topological polar surface area (TPSA) is 84.2 Å². The van der Waals surface area contributed by atoms with E-state index < -0.39 is 0 Å². The number of anilines is 2. The highest BCUT2D eigenvalue weighted by Crippen LogP contribution is 2.42. The van der Waals surface area contributed by atoms with Crippen molar-refractivity contribution in [3.8, 4) is 11.1 Å². The van der Waals surface area contributed by atoms with Crippen LogP contribution in [0.15, 0.2) is 69.9 Å². The molecule has 2 saturated heterocycles. The summed E-state index contributed by atoms with van der Waals surface area (Å²) >= 11 is 1.71. The fraction of sp³-hybridized carbons (Fsp3) is 0.333. The number of fused-ring (bicyclic) bond motifs is 4. The Morgan fingerprint density at radius 3 is 2.55 bits per heavy atom. The average Bonchev–Trinajstić information content (AvgIpc) is 3.40. The van der Waals surface area contributed by atoms with Crippen molar-refractivity contribution in [1.82, 2.24) is 4.90 Å². The van der Waals surface area contributed by atoms with Crippen LogP contribution < -0.4 is 15.6 Å². The Bertz CT molecular complexity index is 1840. The van der Waals surface area contributed by atoms with E-state index >= 15 is 0 Å². The lowest BCUT2D eigenvalue weighted by Crippen LogP contribution is -2.48. The van der Waals surface area contributed by atoms with E-state index in [0.29, 0.717) is 62.9 Å². The third kappa shape index (κ3) is 5.07. The number of carbonyl (C=O) groups is 1. The molecule has 2 aromatic heterocycles.